The molecule has 3 N–H and O–H groups in total. The number of nitrogens with two attached hydrogens (primary N) is 1. The third-order valence-electron chi connectivity index (χ3n) is 2.60. The molecule has 1 aromatic carbocycles. The number of methoxy groups -OCH3 is 1. The lowest BCUT2D eigenvalue weighted by atomic mass is 10.2. The summed E-state index contributed by atoms with van der Waals surface area (Å²) in [6.07, 6.45) is 1.99. The van der Waals surface area contributed by atoms with Crippen molar-refractivity contribution in [1.82, 2.24) is 5.32 Å². The first-order valence-electron chi connectivity index (χ1n) is 6.45. The van der Waals surface area contributed by atoms with E-state index in [1.54, 1.807) is 18.2 Å². The zero-order valence-corrected chi connectivity index (χ0v) is 11.8. The molecule has 6 heteroatoms. The first kappa shape index (κ1) is 15.8. The molecule has 0 aliphatic carbocycles. The van der Waals surface area contributed by atoms with Gasteiger partial charge in [0.05, 0.1) is 20.3 Å². The van der Waals surface area contributed by atoms with E-state index in [9.17, 15) is 9.59 Å². The average molecular weight is 280 g/mol. The molecule has 0 aromatic heterocycles. The minimum atomic E-state index is -0.593. The van der Waals surface area contributed by atoms with Crippen molar-refractivity contribution >= 4 is 11.8 Å². The SMILES string of the molecule is CCCCOc1ccc(C(=O)NCC(N)=O)cc1OC. The van der Waals surface area contributed by atoms with Gasteiger partial charge in [0, 0.05) is 5.56 Å². The first-order chi connectivity index (χ1) is 9.58. The minimum absolute atomic E-state index is 0.199. The van der Waals surface area contributed by atoms with E-state index in [1.165, 1.54) is 7.11 Å². The summed E-state index contributed by atoms with van der Waals surface area (Å²) in [4.78, 5) is 22.4. The Morgan fingerprint density at radius 1 is 1.30 bits per heavy atom. The molecule has 2 amide bonds. The second-order valence-corrected chi connectivity index (χ2v) is 4.22. The van der Waals surface area contributed by atoms with Gasteiger partial charge >= 0.3 is 0 Å². The molecular formula is C14H20N2O4. The van der Waals surface area contributed by atoms with Crippen LogP contribution in [0.5, 0.6) is 11.5 Å². The quantitative estimate of drug-likeness (QED) is 0.697. The molecule has 6 nitrogen and oxygen atoms in total. The van der Waals surface area contributed by atoms with Crippen molar-refractivity contribution in [2.24, 2.45) is 5.73 Å². The van der Waals surface area contributed by atoms with Crippen molar-refractivity contribution < 1.29 is 19.1 Å². The molecule has 0 radical (unpaired) electrons. The summed E-state index contributed by atoms with van der Waals surface area (Å²) in [6.45, 7) is 2.47. The number of hydrogen-bond donors (Lipinski definition) is 2. The van der Waals surface area contributed by atoms with E-state index < -0.39 is 5.91 Å². The van der Waals surface area contributed by atoms with Gasteiger partial charge in [-0.1, -0.05) is 13.3 Å². The number of nitrogens with one attached hydrogen (secondary N) is 1. The lowest BCUT2D eigenvalue weighted by Crippen LogP contribution is -2.33. The van der Waals surface area contributed by atoms with Crippen LogP contribution in [0.15, 0.2) is 18.2 Å². The zero-order valence-electron chi connectivity index (χ0n) is 11.8. The van der Waals surface area contributed by atoms with Gasteiger partial charge < -0.3 is 20.5 Å². The van der Waals surface area contributed by atoms with Crippen molar-refractivity contribution in [3.63, 3.8) is 0 Å². The van der Waals surface area contributed by atoms with Crippen LogP contribution in [-0.4, -0.2) is 32.1 Å². The second-order valence-electron chi connectivity index (χ2n) is 4.22. The van der Waals surface area contributed by atoms with Gasteiger partial charge in [-0.25, -0.2) is 0 Å². The van der Waals surface area contributed by atoms with E-state index in [2.05, 4.69) is 12.2 Å². The van der Waals surface area contributed by atoms with Crippen LogP contribution in [0.3, 0.4) is 0 Å². The van der Waals surface area contributed by atoms with Crippen LogP contribution in [0.1, 0.15) is 30.1 Å². The summed E-state index contributed by atoms with van der Waals surface area (Å²) in [5, 5.41) is 2.41. The molecule has 0 aliphatic rings. The van der Waals surface area contributed by atoms with Crippen LogP contribution in [-0.2, 0) is 4.79 Å². The third kappa shape index (κ3) is 4.79. The Labute approximate surface area is 118 Å². The fraction of sp³-hybridized carbons (Fsp3) is 0.429. The Morgan fingerprint density at radius 3 is 2.65 bits per heavy atom. The van der Waals surface area contributed by atoms with Gasteiger partial charge in [0.25, 0.3) is 5.91 Å². The van der Waals surface area contributed by atoms with E-state index >= 15 is 0 Å². The fourth-order valence-electron chi connectivity index (χ4n) is 1.52. The van der Waals surface area contributed by atoms with Gasteiger partial charge in [0.15, 0.2) is 11.5 Å². The van der Waals surface area contributed by atoms with Crippen LogP contribution in [0.2, 0.25) is 0 Å². The average Bonchev–Trinajstić information content (AvgIpc) is 2.45. The molecule has 1 aromatic rings. The van der Waals surface area contributed by atoms with E-state index in [-0.39, 0.29) is 12.5 Å². The summed E-state index contributed by atoms with van der Waals surface area (Å²) in [6, 6.07) is 4.85. The molecule has 0 spiro atoms. The van der Waals surface area contributed by atoms with Gasteiger partial charge in [0.2, 0.25) is 5.91 Å². The predicted molar refractivity (Wildman–Crippen MR) is 74.9 cm³/mol. The predicted octanol–water partition coefficient (Wildman–Crippen LogP) is 1.09. The largest absolute Gasteiger partial charge is 0.493 e. The maximum atomic E-state index is 11.8. The summed E-state index contributed by atoms with van der Waals surface area (Å²) in [7, 11) is 1.51. The molecule has 0 unspecified atom stereocenters. The highest BCUT2D eigenvalue weighted by molar-refractivity contribution is 5.96. The molecule has 0 aliphatic heterocycles. The second kappa shape index (κ2) is 8.04. The number of carbonyl (C=O) groups is 2. The maximum absolute atomic E-state index is 11.8. The fourth-order valence-corrected chi connectivity index (χ4v) is 1.52. The molecule has 20 heavy (non-hydrogen) atoms. The highest BCUT2D eigenvalue weighted by atomic mass is 16.5. The number of hydrogen-bond acceptors (Lipinski definition) is 4. The van der Waals surface area contributed by atoms with Gasteiger partial charge in [-0.3, -0.25) is 9.59 Å². The topological polar surface area (TPSA) is 90.6 Å². The zero-order chi connectivity index (χ0) is 15.0. The molecule has 0 atom stereocenters. The van der Waals surface area contributed by atoms with E-state index in [1.807, 2.05) is 0 Å². The van der Waals surface area contributed by atoms with Gasteiger partial charge in [-0.2, -0.15) is 0 Å². The van der Waals surface area contributed by atoms with Crippen LogP contribution in [0, 0.1) is 0 Å². The van der Waals surface area contributed by atoms with E-state index in [4.69, 9.17) is 15.2 Å². The summed E-state index contributed by atoms with van der Waals surface area (Å²) >= 11 is 0. The Hall–Kier alpha value is -2.24. The van der Waals surface area contributed by atoms with Gasteiger partial charge in [-0.15, -0.1) is 0 Å². The van der Waals surface area contributed by atoms with Crippen molar-refractivity contribution in [2.75, 3.05) is 20.3 Å². The van der Waals surface area contributed by atoms with Crippen LogP contribution >= 0.6 is 0 Å². The molecule has 0 bridgehead atoms. The highest BCUT2D eigenvalue weighted by Gasteiger charge is 2.11. The van der Waals surface area contributed by atoms with Crippen LogP contribution < -0.4 is 20.5 Å². The number of benzene rings is 1. The number of primary amides is 1. The third-order valence-corrected chi connectivity index (χ3v) is 2.60. The number of unbranched alkanes of at least 4 members (excludes halogenated alkanes) is 1. The molecule has 1 rings (SSSR count). The smallest absolute Gasteiger partial charge is 0.251 e. The molecule has 0 saturated carbocycles. The van der Waals surface area contributed by atoms with Crippen molar-refractivity contribution in [3.8, 4) is 11.5 Å². The lowest BCUT2D eigenvalue weighted by Gasteiger charge is -2.11. The van der Waals surface area contributed by atoms with Crippen LogP contribution in [0.25, 0.3) is 0 Å². The summed E-state index contributed by atoms with van der Waals surface area (Å²) < 4.78 is 10.8. The summed E-state index contributed by atoms with van der Waals surface area (Å²) in [5.74, 6) is 0.0901. The Kier molecular flexibility index (Phi) is 6.36. The molecule has 0 saturated heterocycles. The standard InChI is InChI=1S/C14H20N2O4/c1-3-4-7-20-11-6-5-10(8-12(11)19-2)14(18)16-9-13(15)17/h5-6,8H,3-4,7,9H2,1-2H3,(H2,15,17)(H,16,18). The van der Waals surface area contributed by atoms with Gasteiger partial charge in [-0.05, 0) is 24.6 Å². The molecule has 0 fully saturated rings. The summed E-state index contributed by atoms with van der Waals surface area (Å²) in [5.41, 5.74) is 5.35. The monoisotopic (exact) mass is 280 g/mol. The van der Waals surface area contributed by atoms with Crippen molar-refractivity contribution in [3.05, 3.63) is 23.8 Å². The Bertz CT molecular complexity index is 474. The molecule has 0 heterocycles. The first-order valence-corrected chi connectivity index (χ1v) is 6.45. The highest BCUT2D eigenvalue weighted by Crippen LogP contribution is 2.28. The normalized spacial score (nSPS) is 9.90. The van der Waals surface area contributed by atoms with Crippen molar-refractivity contribution in [1.29, 1.82) is 0 Å². The number of carbonyl (C=O) groups excluding carboxylic acids is 2. The van der Waals surface area contributed by atoms with Crippen molar-refractivity contribution in [2.45, 2.75) is 19.8 Å². The maximum Gasteiger partial charge on any atom is 0.251 e. The van der Waals surface area contributed by atoms with Crippen LogP contribution in [0.4, 0.5) is 0 Å². The minimum Gasteiger partial charge on any atom is -0.493 e. The van der Waals surface area contributed by atoms with E-state index in [0.29, 0.717) is 23.7 Å². The van der Waals surface area contributed by atoms with Gasteiger partial charge in [0.1, 0.15) is 0 Å². The number of ether oxygens (including phenoxy) is 2. The number of amides is 2. The Morgan fingerprint density at radius 2 is 2.05 bits per heavy atom. The lowest BCUT2D eigenvalue weighted by molar-refractivity contribution is -0.117. The number of rotatable bonds is 8. The van der Waals surface area contributed by atoms with E-state index in [0.717, 1.165) is 12.8 Å². The molecular weight excluding hydrogens is 260 g/mol. The molecule has 110 valence electrons. The Balaban J connectivity index is 2.75.